The van der Waals surface area contributed by atoms with Crippen LogP contribution in [0.5, 0.6) is 5.75 Å². The van der Waals surface area contributed by atoms with Gasteiger partial charge in [-0.05, 0) is 30.2 Å². The minimum Gasteiger partial charge on any atom is -0.490 e. The molecule has 0 bridgehead atoms. The number of benzene rings is 1. The fourth-order valence-electron chi connectivity index (χ4n) is 0.994. The summed E-state index contributed by atoms with van der Waals surface area (Å²) in [6.07, 6.45) is 0.653. The first-order chi connectivity index (χ1) is 7.06. The van der Waals surface area contributed by atoms with Gasteiger partial charge in [0, 0.05) is 5.56 Å². The Bertz CT molecular complexity index is 380. The smallest absolute Gasteiger partial charge is 0.252 e. The summed E-state index contributed by atoms with van der Waals surface area (Å²) in [5.74, 6) is -2.54. The van der Waals surface area contributed by atoms with Crippen LogP contribution in [0.4, 0.5) is 8.78 Å². The first-order valence-electron chi connectivity index (χ1n) is 4.38. The number of carbonyl (C=O) groups is 1. The van der Waals surface area contributed by atoms with Gasteiger partial charge in [0.15, 0.2) is 11.6 Å². The summed E-state index contributed by atoms with van der Waals surface area (Å²) in [6, 6.07) is 1.83. The molecule has 1 aromatic carbocycles. The van der Waals surface area contributed by atoms with Crippen molar-refractivity contribution >= 4 is 16.8 Å². The first-order valence-corrected chi connectivity index (χ1v) is 4.75. The minimum atomic E-state index is -1.15. The third-order valence-corrected chi connectivity index (χ3v) is 1.90. The zero-order chi connectivity index (χ0) is 11.4. The second-order valence-corrected chi connectivity index (χ2v) is 3.24. The zero-order valence-corrected chi connectivity index (χ0v) is 8.78. The van der Waals surface area contributed by atoms with Crippen molar-refractivity contribution in [3.05, 3.63) is 29.3 Å². The van der Waals surface area contributed by atoms with Crippen LogP contribution in [-0.2, 0) is 0 Å². The van der Waals surface area contributed by atoms with Gasteiger partial charge in [-0.15, -0.1) is 0 Å². The van der Waals surface area contributed by atoms with Gasteiger partial charge in [0.05, 0.1) is 6.61 Å². The molecule has 0 aliphatic carbocycles. The molecule has 1 rings (SSSR count). The van der Waals surface area contributed by atoms with Crippen LogP contribution in [-0.4, -0.2) is 11.8 Å². The lowest BCUT2D eigenvalue weighted by atomic mass is 10.2. The van der Waals surface area contributed by atoms with E-state index in [1.807, 2.05) is 6.92 Å². The number of halogens is 3. The van der Waals surface area contributed by atoms with Crippen molar-refractivity contribution in [2.75, 3.05) is 6.61 Å². The SMILES string of the molecule is CCCOc1cc(C(=O)Cl)cc(F)c1F. The van der Waals surface area contributed by atoms with Crippen molar-refractivity contribution < 1.29 is 18.3 Å². The van der Waals surface area contributed by atoms with Crippen LogP contribution in [0.15, 0.2) is 12.1 Å². The normalized spacial score (nSPS) is 10.1. The van der Waals surface area contributed by atoms with Gasteiger partial charge >= 0.3 is 0 Å². The molecule has 5 heteroatoms. The van der Waals surface area contributed by atoms with Crippen LogP contribution in [0.3, 0.4) is 0 Å². The number of ether oxygens (including phenoxy) is 1. The molecule has 0 radical (unpaired) electrons. The lowest BCUT2D eigenvalue weighted by Crippen LogP contribution is -2.02. The van der Waals surface area contributed by atoms with Gasteiger partial charge in [-0.25, -0.2) is 4.39 Å². The van der Waals surface area contributed by atoms with Gasteiger partial charge in [-0.3, -0.25) is 4.79 Å². The number of hydrogen-bond acceptors (Lipinski definition) is 2. The van der Waals surface area contributed by atoms with E-state index >= 15 is 0 Å². The maximum absolute atomic E-state index is 13.1. The van der Waals surface area contributed by atoms with Crippen LogP contribution in [0, 0.1) is 11.6 Å². The minimum absolute atomic E-state index is 0.123. The highest BCUT2D eigenvalue weighted by Crippen LogP contribution is 2.23. The quantitative estimate of drug-likeness (QED) is 0.748. The molecular weight excluding hydrogens is 226 g/mol. The van der Waals surface area contributed by atoms with Crippen molar-refractivity contribution in [3.8, 4) is 5.75 Å². The molecule has 0 atom stereocenters. The van der Waals surface area contributed by atoms with E-state index in [2.05, 4.69) is 0 Å². The van der Waals surface area contributed by atoms with E-state index in [0.29, 0.717) is 6.42 Å². The summed E-state index contributed by atoms with van der Waals surface area (Å²) < 4.78 is 31.0. The Morgan fingerprint density at radius 1 is 1.47 bits per heavy atom. The molecular formula is C10H9ClF2O2. The Morgan fingerprint density at radius 2 is 2.13 bits per heavy atom. The third kappa shape index (κ3) is 2.89. The lowest BCUT2D eigenvalue weighted by molar-refractivity contribution is 0.108. The summed E-state index contributed by atoms with van der Waals surface area (Å²) in [5, 5.41) is -0.852. The highest BCUT2D eigenvalue weighted by atomic mass is 35.5. The van der Waals surface area contributed by atoms with Crippen LogP contribution in [0.25, 0.3) is 0 Å². The van der Waals surface area contributed by atoms with Gasteiger partial charge in [0.1, 0.15) is 0 Å². The van der Waals surface area contributed by atoms with Crippen molar-refractivity contribution in [3.63, 3.8) is 0 Å². The number of rotatable bonds is 4. The summed E-state index contributed by atoms with van der Waals surface area (Å²) in [6.45, 7) is 2.07. The largest absolute Gasteiger partial charge is 0.490 e. The number of hydrogen-bond donors (Lipinski definition) is 0. The van der Waals surface area contributed by atoms with Crippen molar-refractivity contribution in [2.45, 2.75) is 13.3 Å². The van der Waals surface area contributed by atoms with Crippen molar-refractivity contribution in [1.82, 2.24) is 0 Å². The van der Waals surface area contributed by atoms with Crippen LogP contribution >= 0.6 is 11.6 Å². The molecule has 82 valence electrons. The monoisotopic (exact) mass is 234 g/mol. The predicted molar refractivity (Wildman–Crippen MR) is 52.3 cm³/mol. The van der Waals surface area contributed by atoms with E-state index in [-0.39, 0.29) is 17.9 Å². The van der Waals surface area contributed by atoms with Gasteiger partial charge in [-0.2, -0.15) is 4.39 Å². The molecule has 2 nitrogen and oxygen atoms in total. The van der Waals surface area contributed by atoms with E-state index in [4.69, 9.17) is 16.3 Å². The molecule has 0 fully saturated rings. The predicted octanol–water partition coefficient (Wildman–Crippen LogP) is 3.13. The molecule has 0 aliphatic rings. The molecule has 1 aromatic rings. The van der Waals surface area contributed by atoms with E-state index in [9.17, 15) is 13.6 Å². The van der Waals surface area contributed by atoms with E-state index in [1.54, 1.807) is 0 Å². The van der Waals surface area contributed by atoms with Gasteiger partial charge in [-0.1, -0.05) is 6.92 Å². The standard InChI is InChI=1S/C10H9ClF2O2/c1-2-3-15-8-5-6(10(11)14)4-7(12)9(8)13/h4-5H,2-3H2,1H3. The fourth-order valence-corrected chi connectivity index (χ4v) is 1.10. The maximum atomic E-state index is 13.1. The molecule has 0 saturated heterocycles. The van der Waals surface area contributed by atoms with Gasteiger partial charge in [0.25, 0.3) is 5.24 Å². The molecule has 15 heavy (non-hydrogen) atoms. The molecule has 0 aromatic heterocycles. The lowest BCUT2D eigenvalue weighted by Gasteiger charge is -2.07. The molecule has 0 saturated carbocycles. The Balaban J connectivity index is 3.07. The Hall–Kier alpha value is -1.16. The highest BCUT2D eigenvalue weighted by Gasteiger charge is 2.14. The average molecular weight is 235 g/mol. The van der Waals surface area contributed by atoms with Crippen LogP contribution < -0.4 is 4.74 Å². The Labute approximate surface area is 90.8 Å². The van der Waals surface area contributed by atoms with E-state index in [1.165, 1.54) is 0 Å². The third-order valence-electron chi connectivity index (χ3n) is 1.68. The molecule has 0 amide bonds. The Morgan fingerprint density at radius 3 is 2.67 bits per heavy atom. The van der Waals surface area contributed by atoms with Gasteiger partial charge < -0.3 is 4.74 Å². The molecule has 0 N–H and O–H groups in total. The maximum Gasteiger partial charge on any atom is 0.252 e. The topological polar surface area (TPSA) is 26.3 Å². The van der Waals surface area contributed by atoms with Gasteiger partial charge in [0.2, 0.25) is 5.82 Å². The second kappa shape index (κ2) is 5.07. The fraction of sp³-hybridized carbons (Fsp3) is 0.300. The van der Waals surface area contributed by atoms with Crippen LogP contribution in [0.2, 0.25) is 0 Å². The van der Waals surface area contributed by atoms with E-state index in [0.717, 1.165) is 12.1 Å². The zero-order valence-electron chi connectivity index (χ0n) is 8.02. The molecule has 0 aliphatic heterocycles. The first kappa shape index (κ1) is 11.9. The average Bonchev–Trinajstić information content (AvgIpc) is 2.19. The van der Waals surface area contributed by atoms with Crippen molar-refractivity contribution in [1.29, 1.82) is 0 Å². The highest BCUT2D eigenvalue weighted by molar-refractivity contribution is 6.67. The number of carbonyl (C=O) groups excluding carboxylic acids is 1. The summed E-state index contributed by atoms with van der Waals surface area (Å²) in [5.41, 5.74) is -0.123. The van der Waals surface area contributed by atoms with E-state index < -0.39 is 16.9 Å². The second-order valence-electron chi connectivity index (χ2n) is 2.89. The van der Waals surface area contributed by atoms with Crippen LogP contribution in [0.1, 0.15) is 23.7 Å². The Kier molecular flexibility index (Phi) is 4.03. The summed E-state index contributed by atoms with van der Waals surface area (Å²) in [7, 11) is 0. The summed E-state index contributed by atoms with van der Waals surface area (Å²) >= 11 is 5.15. The van der Waals surface area contributed by atoms with Crippen molar-refractivity contribution in [2.24, 2.45) is 0 Å². The molecule has 0 heterocycles. The molecule has 0 unspecified atom stereocenters. The summed E-state index contributed by atoms with van der Waals surface area (Å²) in [4.78, 5) is 10.8. The molecule has 0 spiro atoms.